The van der Waals surface area contributed by atoms with Gasteiger partial charge in [0.1, 0.15) is 5.82 Å². The van der Waals surface area contributed by atoms with Crippen LogP contribution < -0.4 is 5.73 Å². The minimum Gasteiger partial charge on any atom is -0.326 e. The molecule has 0 radical (unpaired) electrons. The van der Waals surface area contributed by atoms with Gasteiger partial charge in [-0.2, -0.15) is 0 Å². The van der Waals surface area contributed by atoms with Crippen molar-refractivity contribution in [1.29, 1.82) is 0 Å². The van der Waals surface area contributed by atoms with E-state index in [2.05, 4.69) is 18.7 Å². The standard InChI is InChI=1S/C15H22ClFN2/c1-10(2)19-8-4-3-5-14(18)15(19)12-7-6-11(17)9-13(12)16/h6-7,9-10,14-15H,3-5,8,18H2,1-2H3. The van der Waals surface area contributed by atoms with E-state index in [0.717, 1.165) is 31.4 Å². The lowest BCUT2D eigenvalue weighted by Gasteiger charge is -2.37. The molecule has 0 saturated carbocycles. The Labute approximate surface area is 119 Å². The van der Waals surface area contributed by atoms with Crippen LogP contribution in [0.1, 0.15) is 44.7 Å². The van der Waals surface area contributed by atoms with Crippen molar-refractivity contribution < 1.29 is 4.39 Å². The second-order valence-corrected chi connectivity index (χ2v) is 6.01. The van der Waals surface area contributed by atoms with Gasteiger partial charge < -0.3 is 5.73 Å². The van der Waals surface area contributed by atoms with Gasteiger partial charge in [0.25, 0.3) is 0 Å². The number of likely N-dealkylation sites (tertiary alicyclic amines) is 1. The molecular weight excluding hydrogens is 263 g/mol. The van der Waals surface area contributed by atoms with Crippen molar-refractivity contribution in [2.75, 3.05) is 6.54 Å². The molecule has 0 amide bonds. The van der Waals surface area contributed by atoms with E-state index in [1.165, 1.54) is 12.1 Å². The van der Waals surface area contributed by atoms with Crippen molar-refractivity contribution in [1.82, 2.24) is 4.90 Å². The van der Waals surface area contributed by atoms with Crippen LogP contribution in [0, 0.1) is 5.82 Å². The largest absolute Gasteiger partial charge is 0.326 e. The average Bonchev–Trinajstić information content (AvgIpc) is 2.52. The van der Waals surface area contributed by atoms with Crippen LogP contribution in [0.5, 0.6) is 0 Å². The molecule has 2 nitrogen and oxygen atoms in total. The Morgan fingerprint density at radius 3 is 2.74 bits per heavy atom. The van der Waals surface area contributed by atoms with Crippen LogP contribution in [-0.2, 0) is 0 Å². The predicted octanol–water partition coefficient (Wildman–Crippen LogP) is 3.74. The van der Waals surface area contributed by atoms with Crippen LogP contribution in [0.15, 0.2) is 18.2 Å². The lowest BCUT2D eigenvalue weighted by Crippen LogP contribution is -2.43. The summed E-state index contributed by atoms with van der Waals surface area (Å²) in [5.74, 6) is -0.299. The molecule has 106 valence electrons. The smallest absolute Gasteiger partial charge is 0.124 e. The van der Waals surface area contributed by atoms with Gasteiger partial charge in [-0.05, 0) is 50.9 Å². The zero-order valence-corrected chi connectivity index (χ0v) is 12.3. The molecule has 19 heavy (non-hydrogen) atoms. The Hall–Kier alpha value is -0.640. The second-order valence-electron chi connectivity index (χ2n) is 5.60. The van der Waals surface area contributed by atoms with E-state index >= 15 is 0 Å². The molecule has 0 aliphatic carbocycles. The number of nitrogens with two attached hydrogens (primary N) is 1. The summed E-state index contributed by atoms with van der Waals surface area (Å²) >= 11 is 6.23. The van der Waals surface area contributed by atoms with E-state index in [-0.39, 0.29) is 17.9 Å². The number of rotatable bonds is 2. The van der Waals surface area contributed by atoms with Gasteiger partial charge in [0.2, 0.25) is 0 Å². The van der Waals surface area contributed by atoms with E-state index < -0.39 is 0 Å². The van der Waals surface area contributed by atoms with Gasteiger partial charge in [0.05, 0.1) is 6.04 Å². The minimum atomic E-state index is -0.299. The fourth-order valence-corrected chi connectivity index (χ4v) is 3.23. The monoisotopic (exact) mass is 284 g/mol. The predicted molar refractivity (Wildman–Crippen MR) is 77.8 cm³/mol. The van der Waals surface area contributed by atoms with Gasteiger partial charge in [-0.25, -0.2) is 4.39 Å². The third-order valence-corrected chi connectivity index (χ3v) is 4.24. The zero-order chi connectivity index (χ0) is 14.0. The molecule has 2 rings (SSSR count). The SMILES string of the molecule is CC(C)N1CCCCC(N)C1c1ccc(F)cc1Cl. The fraction of sp³-hybridized carbons (Fsp3) is 0.600. The molecule has 1 aromatic rings. The molecule has 1 aromatic carbocycles. The van der Waals surface area contributed by atoms with Crippen molar-refractivity contribution in [3.63, 3.8) is 0 Å². The van der Waals surface area contributed by atoms with Crippen LogP contribution in [0.4, 0.5) is 4.39 Å². The minimum absolute atomic E-state index is 0.0489. The molecule has 0 aromatic heterocycles. The number of nitrogens with zero attached hydrogens (tertiary/aromatic N) is 1. The van der Waals surface area contributed by atoms with Crippen LogP contribution in [0.25, 0.3) is 0 Å². The zero-order valence-electron chi connectivity index (χ0n) is 11.6. The van der Waals surface area contributed by atoms with Gasteiger partial charge in [-0.15, -0.1) is 0 Å². The summed E-state index contributed by atoms with van der Waals surface area (Å²) in [6.07, 6.45) is 3.28. The summed E-state index contributed by atoms with van der Waals surface area (Å²) in [6, 6.07) is 5.16. The maximum Gasteiger partial charge on any atom is 0.124 e. The van der Waals surface area contributed by atoms with Gasteiger partial charge in [-0.1, -0.05) is 24.1 Å². The van der Waals surface area contributed by atoms with Gasteiger partial charge in [0, 0.05) is 17.1 Å². The number of benzene rings is 1. The Kier molecular flexibility index (Phi) is 4.82. The molecule has 1 saturated heterocycles. The molecule has 1 aliphatic rings. The van der Waals surface area contributed by atoms with Crippen LogP contribution in [0.3, 0.4) is 0 Å². The van der Waals surface area contributed by atoms with Gasteiger partial charge in [-0.3, -0.25) is 4.90 Å². The van der Waals surface area contributed by atoms with E-state index in [1.807, 2.05) is 0 Å². The molecule has 1 heterocycles. The fourth-order valence-electron chi connectivity index (χ4n) is 2.95. The lowest BCUT2D eigenvalue weighted by molar-refractivity contribution is 0.144. The Balaban J connectivity index is 2.40. The Morgan fingerprint density at radius 2 is 2.11 bits per heavy atom. The van der Waals surface area contributed by atoms with Gasteiger partial charge >= 0.3 is 0 Å². The number of hydrogen-bond donors (Lipinski definition) is 1. The van der Waals surface area contributed by atoms with Crippen LogP contribution in [-0.4, -0.2) is 23.5 Å². The third kappa shape index (κ3) is 3.28. The maximum absolute atomic E-state index is 13.2. The molecule has 2 N–H and O–H groups in total. The second kappa shape index (κ2) is 6.21. The highest BCUT2D eigenvalue weighted by molar-refractivity contribution is 6.31. The topological polar surface area (TPSA) is 29.3 Å². The van der Waals surface area contributed by atoms with E-state index in [4.69, 9.17) is 17.3 Å². The summed E-state index contributed by atoms with van der Waals surface area (Å²) in [5, 5.41) is 0.480. The molecule has 1 fully saturated rings. The average molecular weight is 285 g/mol. The van der Waals surface area contributed by atoms with E-state index in [0.29, 0.717) is 11.1 Å². The molecule has 0 spiro atoms. The highest BCUT2D eigenvalue weighted by atomic mass is 35.5. The molecule has 2 unspecified atom stereocenters. The van der Waals surface area contributed by atoms with Crippen molar-refractivity contribution in [3.8, 4) is 0 Å². The summed E-state index contributed by atoms with van der Waals surface area (Å²) in [6.45, 7) is 5.36. The van der Waals surface area contributed by atoms with Crippen molar-refractivity contribution in [2.24, 2.45) is 5.73 Å². The van der Waals surface area contributed by atoms with Crippen LogP contribution >= 0.6 is 11.6 Å². The molecule has 0 bridgehead atoms. The first-order valence-corrected chi connectivity index (χ1v) is 7.34. The molecule has 1 aliphatic heterocycles. The summed E-state index contributed by atoms with van der Waals surface area (Å²) in [5.41, 5.74) is 7.30. The summed E-state index contributed by atoms with van der Waals surface area (Å²) in [7, 11) is 0. The quantitative estimate of drug-likeness (QED) is 0.896. The Bertz CT molecular complexity index is 436. The normalized spacial score (nSPS) is 25.6. The Morgan fingerprint density at radius 1 is 1.37 bits per heavy atom. The lowest BCUT2D eigenvalue weighted by atomic mass is 9.95. The van der Waals surface area contributed by atoms with E-state index in [9.17, 15) is 4.39 Å². The van der Waals surface area contributed by atoms with E-state index in [1.54, 1.807) is 6.07 Å². The number of halogens is 2. The van der Waals surface area contributed by atoms with Crippen LogP contribution in [0.2, 0.25) is 5.02 Å². The molecule has 2 atom stereocenters. The maximum atomic E-state index is 13.2. The van der Waals surface area contributed by atoms with Crippen molar-refractivity contribution >= 4 is 11.6 Å². The summed E-state index contributed by atoms with van der Waals surface area (Å²) < 4.78 is 13.2. The highest BCUT2D eigenvalue weighted by Crippen LogP contribution is 2.35. The van der Waals surface area contributed by atoms with Crippen molar-refractivity contribution in [2.45, 2.75) is 51.2 Å². The van der Waals surface area contributed by atoms with Gasteiger partial charge in [0.15, 0.2) is 0 Å². The number of hydrogen-bond acceptors (Lipinski definition) is 2. The first-order valence-electron chi connectivity index (χ1n) is 6.97. The third-order valence-electron chi connectivity index (χ3n) is 3.91. The van der Waals surface area contributed by atoms with Crippen molar-refractivity contribution in [3.05, 3.63) is 34.6 Å². The summed E-state index contributed by atoms with van der Waals surface area (Å²) in [4.78, 5) is 2.39. The highest BCUT2D eigenvalue weighted by Gasteiger charge is 2.31. The first-order chi connectivity index (χ1) is 9.00. The molecular formula is C15H22ClFN2. The molecule has 4 heteroatoms. The first kappa shape index (κ1) is 14.8.